The fraction of sp³-hybridized carbons (Fsp3) is 0.364. The Hall–Kier alpha value is -1.70. The van der Waals surface area contributed by atoms with Gasteiger partial charge in [-0.2, -0.15) is 0 Å². The molecule has 1 aliphatic heterocycles. The quantitative estimate of drug-likeness (QED) is 0.465. The largest absolute Gasteiger partial charge is 0.525 e. The van der Waals surface area contributed by atoms with Gasteiger partial charge in [-0.05, 0) is 69.2 Å². The van der Waals surface area contributed by atoms with Gasteiger partial charge in [-0.3, -0.25) is 0 Å². The lowest BCUT2D eigenvalue weighted by Crippen LogP contribution is -2.41. The molecule has 1 aliphatic rings. The van der Waals surface area contributed by atoms with Crippen molar-refractivity contribution in [3.05, 3.63) is 70.1 Å². The Balaban J connectivity index is 1.92. The summed E-state index contributed by atoms with van der Waals surface area (Å²) in [6, 6.07) is 13.4. The number of hydrogen-bond acceptors (Lipinski definition) is 3. The first-order chi connectivity index (χ1) is 13.6. The molecule has 0 atom stereocenters. The van der Waals surface area contributed by atoms with Crippen LogP contribution >= 0.6 is 15.9 Å². The first-order valence-electron chi connectivity index (χ1n) is 9.48. The van der Waals surface area contributed by atoms with Crippen LogP contribution in [0, 0.1) is 5.82 Å². The van der Waals surface area contributed by atoms with Gasteiger partial charge in [0.05, 0.1) is 17.8 Å². The van der Waals surface area contributed by atoms with Crippen molar-refractivity contribution < 1.29 is 22.8 Å². The van der Waals surface area contributed by atoms with E-state index in [9.17, 15) is 4.39 Å². The van der Waals surface area contributed by atoms with Gasteiger partial charge < -0.3 is 14.0 Å². The summed E-state index contributed by atoms with van der Waals surface area (Å²) in [5.41, 5.74) is -1.24. The van der Waals surface area contributed by atoms with E-state index in [1.165, 1.54) is 12.1 Å². The smallest absolute Gasteiger partial charge is 0.493 e. The topological polar surface area (TPSA) is 27.7 Å². The van der Waals surface area contributed by atoms with Crippen LogP contribution in [0.25, 0.3) is 5.57 Å². The van der Waals surface area contributed by atoms with Crippen LogP contribution in [0.5, 0.6) is 5.75 Å². The molecule has 0 aliphatic carbocycles. The highest BCUT2D eigenvalue weighted by Gasteiger charge is 2.53. The summed E-state index contributed by atoms with van der Waals surface area (Å²) in [5, 5.41) is 0. The van der Waals surface area contributed by atoms with Gasteiger partial charge in [-0.1, -0.05) is 34.1 Å². The van der Waals surface area contributed by atoms with Gasteiger partial charge in [0.15, 0.2) is 0 Å². The zero-order valence-electron chi connectivity index (χ0n) is 17.0. The summed E-state index contributed by atoms with van der Waals surface area (Å²) >= 11 is 3.40. The second-order valence-corrected chi connectivity index (χ2v) is 8.80. The maximum absolute atomic E-state index is 15.6. The average Bonchev–Trinajstić information content (AvgIpc) is 2.89. The molecule has 0 saturated carbocycles. The Kier molecular flexibility index (Phi) is 6.51. The Morgan fingerprint density at radius 1 is 1.03 bits per heavy atom. The number of halogens is 3. The zero-order valence-corrected chi connectivity index (χ0v) is 18.6. The molecule has 0 unspecified atom stereocenters. The van der Waals surface area contributed by atoms with Crippen LogP contribution in [0.2, 0.25) is 0 Å². The van der Waals surface area contributed by atoms with E-state index in [1.807, 2.05) is 58.0 Å². The fourth-order valence-corrected chi connectivity index (χ4v) is 3.47. The molecule has 0 spiro atoms. The van der Waals surface area contributed by atoms with Gasteiger partial charge in [0, 0.05) is 10.9 Å². The Bertz CT molecular complexity index is 884. The van der Waals surface area contributed by atoms with E-state index in [4.69, 9.17) is 14.0 Å². The molecule has 3 rings (SSSR count). The van der Waals surface area contributed by atoms with Gasteiger partial charge in [0.2, 0.25) is 0 Å². The van der Waals surface area contributed by atoms with E-state index in [-0.39, 0.29) is 18.6 Å². The molecule has 1 heterocycles. The van der Waals surface area contributed by atoms with E-state index >= 15 is 4.39 Å². The van der Waals surface area contributed by atoms with Gasteiger partial charge >= 0.3 is 7.12 Å². The highest BCUT2D eigenvalue weighted by Crippen LogP contribution is 2.41. The number of benzene rings is 2. The first-order valence-corrected chi connectivity index (χ1v) is 10.3. The number of para-hydroxylation sites is 1. The molecule has 154 valence electrons. The lowest BCUT2D eigenvalue weighted by Gasteiger charge is -2.32. The molecule has 7 heteroatoms. The molecule has 1 fully saturated rings. The van der Waals surface area contributed by atoms with Crippen molar-refractivity contribution in [2.75, 3.05) is 6.61 Å². The van der Waals surface area contributed by atoms with Crippen molar-refractivity contribution in [2.24, 2.45) is 0 Å². The molecule has 2 aromatic carbocycles. The van der Waals surface area contributed by atoms with Crippen LogP contribution in [-0.2, 0) is 9.31 Å². The normalized spacial score (nSPS) is 18.5. The molecule has 0 bridgehead atoms. The van der Waals surface area contributed by atoms with E-state index in [0.29, 0.717) is 15.8 Å². The summed E-state index contributed by atoms with van der Waals surface area (Å²) in [5.74, 6) is 0.229. The van der Waals surface area contributed by atoms with Crippen molar-refractivity contribution >= 4 is 28.6 Å². The van der Waals surface area contributed by atoms with Gasteiger partial charge in [-0.15, -0.1) is 0 Å². The third kappa shape index (κ3) is 4.90. The van der Waals surface area contributed by atoms with Crippen LogP contribution in [0.15, 0.2) is 58.7 Å². The maximum atomic E-state index is 15.6. The van der Waals surface area contributed by atoms with Crippen LogP contribution in [0.3, 0.4) is 0 Å². The number of hydrogen-bond donors (Lipinski definition) is 0. The Morgan fingerprint density at radius 2 is 1.66 bits per heavy atom. The van der Waals surface area contributed by atoms with Gasteiger partial charge in [-0.25, -0.2) is 8.78 Å². The van der Waals surface area contributed by atoms with Crippen LogP contribution in [0.1, 0.15) is 39.7 Å². The van der Waals surface area contributed by atoms with E-state index in [1.54, 1.807) is 6.07 Å². The molecular formula is C22H24BBrF2O3. The van der Waals surface area contributed by atoms with Crippen LogP contribution < -0.4 is 4.74 Å². The minimum Gasteiger partial charge on any atom is -0.493 e. The van der Waals surface area contributed by atoms with Crippen molar-refractivity contribution in [2.45, 2.75) is 45.3 Å². The molecule has 0 aromatic heterocycles. The zero-order chi connectivity index (χ0) is 21.2. The van der Waals surface area contributed by atoms with Crippen molar-refractivity contribution in [3.8, 4) is 5.75 Å². The third-order valence-corrected chi connectivity index (χ3v) is 6.06. The van der Waals surface area contributed by atoms with Crippen molar-refractivity contribution in [1.82, 2.24) is 0 Å². The monoisotopic (exact) mass is 464 g/mol. The molecule has 3 nitrogen and oxygen atoms in total. The molecule has 2 aromatic rings. The minimum atomic E-state index is -1.16. The summed E-state index contributed by atoms with van der Waals surface area (Å²) in [4.78, 5) is 0. The SMILES string of the molecule is CC1(C)OB(C(F)=C(CCOc2ccccc2)c2cc(F)ccc2Br)OC1(C)C. The Labute approximate surface area is 179 Å². The molecule has 0 N–H and O–H groups in total. The minimum absolute atomic E-state index is 0.215. The third-order valence-electron chi connectivity index (χ3n) is 5.37. The lowest BCUT2D eigenvalue weighted by atomic mass is 9.82. The predicted molar refractivity (Wildman–Crippen MR) is 115 cm³/mol. The average molecular weight is 465 g/mol. The van der Waals surface area contributed by atoms with Crippen molar-refractivity contribution in [1.29, 1.82) is 0 Å². The van der Waals surface area contributed by atoms with E-state index in [0.717, 1.165) is 0 Å². The highest BCUT2D eigenvalue weighted by atomic mass is 79.9. The lowest BCUT2D eigenvalue weighted by molar-refractivity contribution is 0.00578. The van der Waals surface area contributed by atoms with Crippen molar-refractivity contribution in [3.63, 3.8) is 0 Å². The summed E-state index contributed by atoms with van der Waals surface area (Å²) in [6.07, 6.45) is 0.215. The standard InChI is InChI=1S/C22H24BBrF2O3/c1-21(2)22(3,4)29-23(28-21)20(26)17(18-14-15(25)10-11-19(18)24)12-13-27-16-8-6-5-7-9-16/h5-11,14H,12-13H2,1-4H3. The predicted octanol–water partition coefficient (Wildman–Crippen LogP) is 6.37. The molecule has 1 saturated heterocycles. The highest BCUT2D eigenvalue weighted by molar-refractivity contribution is 9.10. The van der Waals surface area contributed by atoms with E-state index < -0.39 is 29.9 Å². The second-order valence-electron chi connectivity index (χ2n) is 7.95. The number of ether oxygens (including phenoxy) is 1. The molecule has 0 amide bonds. The maximum Gasteiger partial charge on any atom is 0.525 e. The number of rotatable bonds is 6. The second kappa shape index (κ2) is 8.58. The molecule has 0 radical (unpaired) electrons. The molecular weight excluding hydrogens is 441 g/mol. The van der Waals surface area contributed by atoms with Crippen LogP contribution in [-0.4, -0.2) is 24.9 Å². The molecule has 29 heavy (non-hydrogen) atoms. The fourth-order valence-electron chi connectivity index (χ4n) is 2.99. The summed E-state index contributed by atoms with van der Waals surface area (Å²) < 4.78 is 47.6. The summed E-state index contributed by atoms with van der Waals surface area (Å²) in [7, 11) is -1.16. The van der Waals surface area contributed by atoms with E-state index in [2.05, 4.69) is 15.9 Å². The summed E-state index contributed by atoms with van der Waals surface area (Å²) in [6.45, 7) is 7.65. The van der Waals surface area contributed by atoms with Crippen LogP contribution in [0.4, 0.5) is 8.78 Å². The van der Waals surface area contributed by atoms with Gasteiger partial charge in [0.25, 0.3) is 0 Å². The van der Waals surface area contributed by atoms with Gasteiger partial charge in [0.1, 0.15) is 17.3 Å². The first kappa shape index (κ1) is 22.0. The Morgan fingerprint density at radius 3 is 2.28 bits per heavy atom.